The van der Waals surface area contributed by atoms with Crippen LogP contribution in [-0.4, -0.2) is 47.3 Å². The molecule has 1 aromatic rings. The Morgan fingerprint density at radius 1 is 1.18 bits per heavy atom. The molecule has 1 fully saturated rings. The molecule has 0 bridgehead atoms. The number of amides is 1. The first kappa shape index (κ1) is 12.1. The molecule has 0 aliphatic carbocycles. The lowest BCUT2D eigenvalue weighted by Crippen LogP contribution is -2.47. The normalized spacial score (nSPS) is 17.1. The molecule has 91 valence electrons. The first-order valence-electron chi connectivity index (χ1n) is 5.85. The Labute approximate surface area is 101 Å². The average molecular weight is 233 g/mol. The Bertz CT molecular complexity index is 359. The number of carbonyl (C=O) groups excluding carboxylic acids is 1. The second-order valence-electron chi connectivity index (χ2n) is 4.15. The number of hydrogen-bond donors (Lipinski definition) is 1. The van der Waals surface area contributed by atoms with Gasteiger partial charge in [0.1, 0.15) is 0 Å². The van der Waals surface area contributed by atoms with E-state index in [1.54, 1.807) is 4.90 Å². The highest BCUT2D eigenvalue weighted by molar-refractivity contribution is 5.78. The molecule has 0 saturated carbocycles. The maximum absolute atomic E-state index is 11.9. The van der Waals surface area contributed by atoms with Gasteiger partial charge >= 0.3 is 0 Å². The number of carbonyl (C=O) groups is 1. The molecule has 1 aliphatic rings. The van der Waals surface area contributed by atoms with Crippen molar-refractivity contribution in [2.75, 3.05) is 26.2 Å². The van der Waals surface area contributed by atoms with E-state index in [9.17, 15) is 10.0 Å². The predicted molar refractivity (Wildman–Crippen MR) is 64.4 cm³/mol. The third-order valence-corrected chi connectivity index (χ3v) is 2.92. The summed E-state index contributed by atoms with van der Waals surface area (Å²) in [4.78, 5) is 13.7. The van der Waals surface area contributed by atoms with Crippen LogP contribution in [0.15, 0.2) is 30.3 Å². The minimum absolute atomic E-state index is 0.127. The highest BCUT2D eigenvalue weighted by atomic mass is 16.5. The van der Waals surface area contributed by atoms with Gasteiger partial charge in [0.15, 0.2) is 0 Å². The van der Waals surface area contributed by atoms with Crippen LogP contribution in [0.5, 0.6) is 0 Å². The summed E-state index contributed by atoms with van der Waals surface area (Å²) in [5, 5.41) is 10.5. The summed E-state index contributed by atoms with van der Waals surface area (Å²) in [5.41, 5.74) is 1.07. The maximum atomic E-state index is 11.9. The molecular formula is C13H17N2O2. The fourth-order valence-electron chi connectivity index (χ4n) is 1.87. The van der Waals surface area contributed by atoms with E-state index in [2.05, 4.69) is 0 Å². The molecule has 0 spiro atoms. The summed E-state index contributed by atoms with van der Waals surface area (Å²) in [6, 6.07) is 9.85. The lowest BCUT2D eigenvalue weighted by Gasteiger charge is -2.31. The third-order valence-electron chi connectivity index (χ3n) is 2.92. The molecule has 1 aromatic carbocycles. The number of nitrogens with zero attached hydrogens (tertiary/aromatic N) is 2. The van der Waals surface area contributed by atoms with Gasteiger partial charge in [0.2, 0.25) is 5.91 Å². The second-order valence-corrected chi connectivity index (χ2v) is 4.15. The molecule has 1 aliphatic heterocycles. The van der Waals surface area contributed by atoms with Crippen LogP contribution in [-0.2, 0) is 4.79 Å². The van der Waals surface area contributed by atoms with Gasteiger partial charge in [0.25, 0.3) is 0 Å². The van der Waals surface area contributed by atoms with E-state index in [4.69, 9.17) is 0 Å². The standard InChI is InChI=1S/C13H17N2O2/c16-13(14-8-10-15(17)11-9-14)7-6-12-4-2-1-3-5-12/h1-6,17H,7-11H2. The molecule has 1 heterocycles. The van der Waals surface area contributed by atoms with Crippen molar-refractivity contribution < 1.29 is 10.0 Å². The van der Waals surface area contributed by atoms with Gasteiger partial charge in [-0.1, -0.05) is 30.3 Å². The molecule has 2 rings (SSSR count). The number of piperazine rings is 1. The Morgan fingerprint density at radius 2 is 1.82 bits per heavy atom. The zero-order valence-corrected chi connectivity index (χ0v) is 9.75. The molecule has 4 nitrogen and oxygen atoms in total. The fourth-order valence-corrected chi connectivity index (χ4v) is 1.87. The van der Waals surface area contributed by atoms with Crippen molar-refractivity contribution in [2.45, 2.75) is 6.42 Å². The zero-order valence-electron chi connectivity index (χ0n) is 9.75. The van der Waals surface area contributed by atoms with Crippen molar-refractivity contribution >= 4 is 5.91 Å². The number of benzene rings is 1. The van der Waals surface area contributed by atoms with Crippen LogP contribution < -0.4 is 0 Å². The van der Waals surface area contributed by atoms with E-state index >= 15 is 0 Å². The molecule has 0 aromatic heterocycles. The van der Waals surface area contributed by atoms with Crippen molar-refractivity contribution in [3.63, 3.8) is 0 Å². The van der Waals surface area contributed by atoms with Crippen LogP contribution in [0.25, 0.3) is 0 Å². The molecule has 1 radical (unpaired) electrons. The van der Waals surface area contributed by atoms with E-state index in [0.29, 0.717) is 32.6 Å². The SMILES string of the molecule is O=C(C[CH]c1ccccc1)N1CCN(O)CC1. The van der Waals surface area contributed by atoms with Crippen molar-refractivity contribution in [3.05, 3.63) is 42.3 Å². The molecule has 4 heteroatoms. The molecule has 0 unspecified atom stereocenters. The molecule has 17 heavy (non-hydrogen) atoms. The third kappa shape index (κ3) is 3.54. The van der Waals surface area contributed by atoms with Gasteiger partial charge in [-0.25, -0.2) is 0 Å². The summed E-state index contributed by atoms with van der Waals surface area (Å²) >= 11 is 0. The minimum Gasteiger partial charge on any atom is -0.340 e. The van der Waals surface area contributed by atoms with Gasteiger partial charge in [0.05, 0.1) is 0 Å². The van der Waals surface area contributed by atoms with Crippen molar-refractivity contribution in [2.24, 2.45) is 0 Å². The quantitative estimate of drug-likeness (QED) is 0.852. The van der Waals surface area contributed by atoms with E-state index < -0.39 is 0 Å². The molecular weight excluding hydrogens is 216 g/mol. The Kier molecular flexibility index (Phi) is 4.12. The van der Waals surface area contributed by atoms with Gasteiger partial charge in [-0.2, -0.15) is 5.06 Å². The van der Waals surface area contributed by atoms with Gasteiger partial charge < -0.3 is 10.1 Å². The Hall–Kier alpha value is -1.39. The molecule has 1 N–H and O–H groups in total. The van der Waals surface area contributed by atoms with Crippen molar-refractivity contribution in [1.82, 2.24) is 9.96 Å². The Morgan fingerprint density at radius 3 is 2.47 bits per heavy atom. The van der Waals surface area contributed by atoms with E-state index in [0.717, 1.165) is 5.56 Å². The van der Waals surface area contributed by atoms with Crippen LogP contribution in [0.4, 0.5) is 0 Å². The lowest BCUT2D eigenvalue weighted by atomic mass is 10.1. The fraction of sp³-hybridized carbons (Fsp3) is 0.385. The summed E-state index contributed by atoms with van der Waals surface area (Å²) in [5.74, 6) is 0.127. The monoisotopic (exact) mass is 233 g/mol. The van der Waals surface area contributed by atoms with E-state index in [1.807, 2.05) is 36.8 Å². The highest BCUT2D eigenvalue weighted by Gasteiger charge is 2.19. The predicted octanol–water partition coefficient (Wildman–Crippen LogP) is 1.16. The summed E-state index contributed by atoms with van der Waals surface area (Å²) in [6.07, 6.45) is 2.36. The Balaban J connectivity index is 1.78. The topological polar surface area (TPSA) is 43.8 Å². The van der Waals surface area contributed by atoms with Crippen LogP contribution in [0.3, 0.4) is 0 Å². The maximum Gasteiger partial charge on any atom is 0.223 e. The number of rotatable bonds is 3. The molecule has 1 amide bonds. The largest absolute Gasteiger partial charge is 0.340 e. The molecule has 0 atom stereocenters. The van der Waals surface area contributed by atoms with Crippen molar-refractivity contribution in [3.8, 4) is 0 Å². The lowest BCUT2D eigenvalue weighted by molar-refractivity contribution is -0.145. The van der Waals surface area contributed by atoms with Gasteiger partial charge in [-0.15, -0.1) is 0 Å². The van der Waals surface area contributed by atoms with Crippen LogP contribution in [0.1, 0.15) is 12.0 Å². The van der Waals surface area contributed by atoms with Gasteiger partial charge in [0, 0.05) is 32.6 Å². The second kappa shape index (κ2) is 5.80. The van der Waals surface area contributed by atoms with Gasteiger partial charge in [-0.3, -0.25) is 4.79 Å². The van der Waals surface area contributed by atoms with E-state index in [-0.39, 0.29) is 5.91 Å². The number of hydrogen-bond acceptors (Lipinski definition) is 3. The van der Waals surface area contributed by atoms with Crippen LogP contribution in [0.2, 0.25) is 0 Å². The van der Waals surface area contributed by atoms with Gasteiger partial charge in [-0.05, 0) is 12.0 Å². The summed E-state index contributed by atoms with van der Waals surface area (Å²) in [7, 11) is 0. The first-order chi connectivity index (χ1) is 8.25. The molecule has 1 saturated heterocycles. The smallest absolute Gasteiger partial charge is 0.223 e. The minimum atomic E-state index is 0.127. The van der Waals surface area contributed by atoms with Crippen LogP contribution >= 0.6 is 0 Å². The van der Waals surface area contributed by atoms with Crippen molar-refractivity contribution in [1.29, 1.82) is 0 Å². The highest BCUT2D eigenvalue weighted by Crippen LogP contribution is 2.08. The first-order valence-corrected chi connectivity index (χ1v) is 5.85. The summed E-state index contributed by atoms with van der Waals surface area (Å²) in [6.45, 7) is 2.30. The zero-order chi connectivity index (χ0) is 12.1. The van der Waals surface area contributed by atoms with Crippen LogP contribution in [0, 0.1) is 6.42 Å². The average Bonchev–Trinajstić information content (AvgIpc) is 2.38. The van der Waals surface area contributed by atoms with E-state index in [1.165, 1.54) is 5.06 Å². The number of hydroxylamine groups is 2. The summed E-state index contributed by atoms with van der Waals surface area (Å²) < 4.78 is 0.